The fourth-order valence-electron chi connectivity index (χ4n) is 1.57. The van der Waals surface area contributed by atoms with Crippen LogP contribution in [0.2, 0.25) is 0 Å². The van der Waals surface area contributed by atoms with Gasteiger partial charge in [-0.1, -0.05) is 0 Å². The lowest BCUT2D eigenvalue weighted by molar-refractivity contribution is 0.315. The Hall–Kier alpha value is -0.430. The monoisotopic (exact) mass is 233 g/mol. The molecule has 0 unspecified atom stereocenters. The van der Waals surface area contributed by atoms with Crippen LogP contribution >= 0.6 is 11.3 Å². The van der Waals surface area contributed by atoms with E-state index in [1.54, 1.807) is 6.07 Å². The number of thiophene rings is 1. The second-order valence-corrected chi connectivity index (χ2v) is 6.26. The van der Waals surface area contributed by atoms with Crippen molar-refractivity contribution in [2.24, 2.45) is 0 Å². The topological polar surface area (TPSA) is 57.6 Å². The number of nitrogens with zero attached hydrogens (tertiary/aromatic N) is 1. The van der Waals surface area contributed by atoms with E-state index in [1.807, 2.05) is 7.05 Å². The number of hydrogen-bond donors (Lipinski definition) is 1. The van der Waals surface area contributed by atoms with Gasteiger partial charge >= 0.3 is 10.1 Å². The number of likely N-dealkylation sites (N-methyl/N-ethyl adjacent to an activating group) is 1. The van der Waals surface area contributed by atoms with Crippen molar-refractivity contribution in [3.63, 3.8) is 0 Å². The first kappa shape index (κ1) is 10.1. The summed E-state index contributed by atoms with van der Waals surface area (Å²) < 4.78 is 30.7. The zero-order valence-corrected chi connectivity index (χ0v) is 9.36. The van der Waals surface area contributed by atoms with Gasteiger partial charge in [0.25, 0.3) is 0 Å². The largest absolute Gasteiger partial charge is 0.304 e. The Morgan fingerprint density at radius 2 is 2.29 bits per heavy atom. The van der Waals surface area contributed by atoms with Crippen LogP contribution in [0, 0.1) is 0 Å². The van der Waals surface area contributed by atoms with Gasteiger partial charge in [0.15, 0.2) is 0 Å². The van der Waals surface area contributed by atoms with E-state index in [1.165, 1.54) is 11.3 Å². The molecular formula is C8H11NO3S2. The molecule has 1 aliphatic rings. The molecule has 4 nitrogen and oxygen atoms in total. The van der Waals surface area contributed by atoms with E-state index in [4.69, 9.17) is 4.55 Å². The standard InChI is InChI=1S/C8H11NO3S2/c1-9-3-2-7-6(5-9)4-8(13-7)14(10,11)12/h4H,2-3,5H2,1H3,(H,10,11,12). The van der Waals surface area contributed by atoms with Gasteiger partial charge in [0, 0.05) is 18.0 Å². The van der Waals surface area contributed by atoms with Crippen molar-refractivity contribution in [3.8, 4) is 0 Å². The third-order valence-electron chi connectivity index (χ3n) is 2.29. The maximum absolute atomic E-state index is 10.9. The second kappa shape index (κ2) is 3.30. The molecule has 78 valence electrons. The van der Waals surface area contributed by atoms with E-state index in [0.717, 1.165) is 30.0 Å². The molecule has 1 aromatic heterocycles. The van der Waals surface area contributed by atoms with Crippen molar-refractivity contribution in [3.05, 3.63) is 16.5 Å². The number of rotatable bonds is 1. The molecule has 2 heterocycles. The highest BCUT2D eigenvalue weighted by Gasteiger charge is 2.21. The Balaban J connectivity index is 2.42. The van der Waals surface area contributed by atoms with Crippen molar-refractivity contribution in [2.45, 2.75) is 17.2 Å². The molecule has 14 heavy (non-hydrogen) atoms. The van der Waals surface area contributed by atoms with Crippen LogP contribution in [0.15, 0.2) is 10.3 Å². The molecule has 1 aliphatic heterocycles. The second-order valence-electron chi connectivity index (χ2n) is 3.48. The maximum Gasteiger partial charge on any atom is 0.304 e. The van der Waals surface area contributed by atoms with Gasteiger partial charge in [-0.15, -0.1) is 11.3 Å². The molecule has 0 bridgehead atoms. The summed E-state index contributed by atoms with van der Waals surface area (Å²) in [6.07, 6.45) is 0.867. The minimum Gasteiger partial charge on any atom is -0.302 e. The lowest BCUT2D eigenvalue weighted by Crippen LogP contribution is -2.25. The third-order valence-corrected chi connectivity index (χ3v) is 4.83. The van der Waals surface area contributed by atoms with Gasteiger partial charge < -0.3 is 4.90 Å². The minimum atomic E-state index is -4.01. The molecule has 0 fully saturated rings. The smallest absolute Gasteiger partial charge is 0.302 e. The van der Waals surface area contributed by atoms with Crippen LogP contribution in [0.3, 0.4) is 0 Å². The van der Waals surface area contributed by atoms with Crippen LogP contribution in [0.4, 0.5) is 0 Å². The van der Waals surface area contributed by atoms with Crippen molar-refractivity contribution in [1.82, 2.24) is 4.90 Å². The van der Waals surface area contributed by atoms with E-state index >= 15 is 0 Å². The van der Waals surface area contributed by atoms with Gasteiger partial charge in [-0.25, -0.2) is 0 Å². The molecule has 0 atom stereocenters. The predicted octanol–water partition coefficient (Wildman–Crippen LogP) is 0.983. The summed E-state index contributed by atoms with van der Waals surface area (Å²) in [6.45, 7) is 1.71. The Kier molecular flexibility index (Phi) is 2.38. The SMILES string of the molecule is CN1CCc2sc(S(=O)(=O)O)cc2C1. The summed E-state index contributed by atoms with van der Waals surface area (Å²) in [6, 6.07) is 1.57. The molecule has 2 rings (SSSR count). The van der Waals surface area contributed by atoms with Crippen LogP contribution in [-0.4, -0.2) is 31.5 Å². The zero-order valence-electron chi connectivity index (χ0n) is 7.73. The molecule has 0 amide bonds. The average Bonchev–Trinajstić information content (AvgIpc) is 2.45. The van der Waals surface area contributed by atoms with Crippen molar-refractivity contribution < 1.29 is 13.0 Å². The summed E-state index contributed by atoms with van der Waals surface area (Å²) >= 11 is 1.18. The lowest BCUT2D eigenvalue weighted by Gasteiger charge is -2.21. The maximum atomic E-state index is 10.9. The number of hydrogen-bond acceptors (Lipinski definition) is 4. The van der Waals surface area contributed by atoms with Gasteiger partial charge in [0.1, 0.15) is 4.21 Å². The van der Waals surface area contributed by atoms with E-state index < -0.39 is 10.1 Å². The molecule has 0 radical (unpaired) electrons. The third kappa shape index (κ3) is 1.83. The molecule has 0 aliphatic carbocycles. The molecular weight excluding hydrogens is 222 g/mol. The average molecular weight is 233 g/mol. The van der Waals surface area contributed by atoms with Gasteiger partial charge in [0.2, 0.25) is 0 Å². The van der Waals surface area contributed by atoms with Gasteiger partial charge in [0.05, 0.1) is 0 Å². The van der Waals surface area contributed by atoms with Crippen LogP contribution in [0.1, 0.15) is 10.4 Å². The first-order chi connectivity index (χ1) is 6.47. The lowest BCUT2D eigenvalue weighted by atomic mass is 10.1. The van der Waals surface area contributed by atoms with E-state index in [-0.39, 0.29) is 4.21 Å². The van der Waals surface area contributed by atoms with Crippen molar-refractivity contribution >= 4 is 21.5 Å². The van der Waals surface area contributed by atoms with Crippen LogP contribution in [0.25, 0.3) is 0 Å². The van der Waals surface area contributed by atoms with E-state index in [9.17, 15) is 8.42 Å². The summed E-state index contributed by atoms with van der Waals surface area (Å²) in [5.74, 6) is 0. The van der Waals surface area contributed by atoms with Gasteiger partial charge in [-0.3, -0.25) is 4.55 Å². The molecule has 1 N–H and O–H groups in total. The Morgan fingerprint density at radius 1 is 1.57 bits per heavy atom. The molecule has 0 saturated carbocycles. The highest BCUT2D eigenvalue weighted by Crippen LogP contribution is 2.30. The highest BCUT2D eigenvalue weighted by molar-refractivity contribution is 7.88. The summed E-state index contributed by atoms with van der Waals surface area (Å²) in [4.78, 5) is 3.21. The van der Waals surface area contributed by atoms with Gasteiger partial charge in [-0.05, 0) is 25.1 Å². The van der Waals surface area contributed by atoms with E-state index in [0.29, 0.717) is 0 Å². The van der Waals surface area contributed by atoms with Crippen LogP contribution in [0.5, 0.6) is 0 Å². The Bertz CT molecular complexity index is 449. The molecule has 0 spiro atoms. The first-order valence-corrected chi connectivity index (χ1v) is 6.50. The van der Waals surface area contributed by atoms with Crippen LogP contribution < -0.4 is 0 Å². The quantitative estimate of drug-likeness (QED) is 0.735. The molecule has 6 heteroatoms. The predicted molar refractivity (Wildman–Crippen MR) is 54.2 cm³/mol. The highest BCUT2D eigenvalue weighted by atomic mass is 32.3. The summed E-state index contributed by atoms with van der Waals surface area (Å²) in [5, 5.41) is 0. The summed E-state index contributed by atoms with van der Waals surface area (Å²) in [7, 11) is -2.02. The minimum absolute atomic E-state index is 0.0674. The molecule has 0 aromatic carbocycles. The van der Waals surface area contributed by atoms with Gasteiger partial charge in [-0.2, -0.15) is 8.42 Å². The number of fused-ring (bicyclic) bond motifs is 1. The summed E-state index contributed by atoms with van der Waals surface area (Å²) in [5.41, 5.74) is 1.02. The zero-order chi connectivity index (χ0) is 10.3. The Morgan fingerprint density at radius 3 is 2.93 bits per heavy atom. The normalized spacial score (nSPS) is 18.1. The molecule has 0 saturated heterocycles. The van der Waals surface area contributed by atoms with Crippen molar-refractivity contribution in [1.29, 1.82) is 0 Å². The fourth-order valence-corrected chi connectivity index (χ4v) is 3.48. The van der Waals surface area contributed by atoms with Crippen molar-refractivity contribution in [2.75, 3.05) is 13.6 Å². The molecule has 1 aromatic rings. The Labute approximate surface area is 86.9 Å². The fraction of sp³-hybridized carbons (Fsp3) is 0.500. The van der Waals surface area contributed by atoms with Crippen LogP contribution in [-0.2, 0) is 23.1 Å². The first-order valence-electron chi connectivity index (χ1n) is 4.24. The van der Waals surface area contributed by atoms with E-state index in [2.05, 4.69) is 4.90 Å².